The van der Waals surface area contributed by atoms with Crippen molar-refractivity contribution >= 4 is 55.4 Å². The van der Waals surface area contributed by atoms with Crippen LogP contribution < -0.4 is 14.5 Å². The number of aromatic nitrogens is 1. The molecule has 0 radical (unpaired) electrons. The number of aliphatic hydroxyl groups is 1. The SMILES string of the molecule is O=C(CN1CCCc2cc(Cl)ccc21)N1CCN(c2ccc(S(=O)(=O)Nc3nccs3)cc2)C[C@@H]1CO. The predicted octanol–water partition coefficient (Wildman–Crippen LogP) is 3.06. The molecule has 0 spiro atoms. The Hall–Kier alpha value is -2.86. The number of carbonyl (C=O) groups is 1. The van der Waals surface area contributed by atoms with Crippen molar-refractivity contribution in [1.82, 2.24) is 9.88 Å². The van der Waals surface area contributed by atoms with Crippen molar-refractivity contribution < 1.29 is 18.3 Å². The maximum Gasteiger partial charge on any atom is 0.263 e. The first-order valence-corrected chi connectivity index (χ1v) is 14.8. The zero-order valence-electron chi connectivity index (χ0n) is 20.1. The van der Waals surface area contributed by atoms with Gasteiger partial charge in [0, 0.05) is 54.2 Å². The number of amides is 1. The second-order valence-corrected chi connectivity index (χ2v) is 12.1. The lowest BCUT2D eigenvalue weighted by molar-refractivity contribution is -0.133. The Morgan fingerprint density at radius 3 is 2.70 bits per heavy atom. The Labute approximate surface area is 225 Å². The standard InChI is InChI=1S/C25H28ClN5O4S2/c26-19-3-8-23-18(14-19)2-1-10-30(23)16-24(33)31-12-11-29(15-21(31)17-32)20-4-6-22(7-5-20)37(34,35)28-25-27-9-13-36-25/h3-9,13-14,21,32H,1-2,10-12,15-17H2,(H,27,28)/t21-/m1/s1. The van der Waals surface area contributed by atoms with E-state index in [4.69, 9.17) is 11.6 Å². The number of hydrogen-bond acceptors (Lipinski definition) is 8. The second-order valence-electron chi connectivity index (χ2n) is 9.10. The number of sulfonamides is 1. The quantitative estimate of drug-likeness (QED) is 0.456. The van der Waals surface area contributed by atoms with E-state index in [0.29, 0.717) is 29.8 Å². The molecule has 37 heavy (non-hydrogen) atoms. The van der Waals surface area contributed by atoms with Gasteiger partial charge in [-0.05, 0) is 60.9 Å². The molecular formula is C25H28ClN5O4S2. The van der Waals surface area contributed by atoms with Crippen LogP contribution in [0.2, 0.25) is 5.02 Å². The number of fused-ring (bicyclic) bond motifs is 1. The molecule has 2 aliphatic rings. The highest BCUT2D eigenvalue weighted by Crippen LogP contribution is 2.30. The summed E-state index contributed by atoms with van der Waals surface area (Å²) in [4.78, 5) is 23.3. The van der Waals surface area contributed by atoms with Crippen molar-refractivity contribution in [3.05, 3.63) is 64.6 Å². The summed E-state index contributed by atoms with van der Waals surface area (Å²) in [5.41, 5.74) is 3.03. The zero-order chi connectivity index (χ0) is 26.0. The van der Waals surface area contributed by atoms with Crippen LogP contribution in [0.4, 0.5) is 16.5 Å². The molecule has 1 saturated heterocycles. The maximum atomic E-state index is 13.3. The third kappa shape index (κ3) is 5.69. The Morgan fingerprint density at radius 1 is 1.16 bits per heavy atom. The Bertz CT molecular complexity index is 1350. The van der Waals surface area contributed by atoms with Crippen molar-refractivity contribution in [1.29, 1.82) is 0 Å². The molecule has 1 fully saturated rings. The normalized spacial score (nSPS) is 18.0. The van der Waals surface area contributed by atoms with Gasteiger partial charge in [0.05, 0.1) is 24.1 Å². The van der Waals surface area contributed by atoms with Gasteiger partial charge in [0.25, 0.3) is 10.0 Å². The molecule has 2 aromatic carbocycles. The number of benzene rings is 2. The molecule has 3 heterocycles. The van der Waals surface area contributed by atoms with E-state index in [-0.39, 0.29) is 30.0 Å². The summed E-state index contributed by atoms with van der Waals surface area (Å²) in [6.07, 6.45) is 3.44. The maximum absolute atomic E-state index is 13.3. The number of nitrogens with zero attached hydrogens (tertiary/aromatic N) is 4. The topological polar surface area (TPSA) is 106 Å². The smallest absolute Gasteiger partial charge is 0.263 e. The van der Waals surface area contributed by atoms with Crippen LogP contribution in [0.1, 0.15) is 12.0 Å². The third-order valence-corrected chi connectivity index (χ3v) is 9.17. The van der Waals surface area contributed by atoms with Crippen molar-refractivity contribution in [2.75, 3.05) is 53.9 Å². The number of thiazole rings is 1. The van der Waals surface area contributed by atoms with Crippen LogP contribution in [0.5, 0.6) is 0 Å². The van der Waals surface area contributed by atoms with E-state index in [1.807, 2.05) is 18.2 Å². The molecule has 0 aliphatic carbocycles. The van der Waals surface area contributed by atoms with E-state index in [1.165, 1.54) is 17.5 Å². The van der Waals surface area contributed by atoms with E-state index in [0.717, 1.165) is 36.3 Å². The van der Waals surface area contributed by atoms with Crippen molar-refractivity contribution in [3.8, 4) is 0 Å². The van der Waals surface area contributed by atoms with Crippen LogP contribution in [-0.4, -0.2) is 74.7 Å². The molecule has 0 saturated carbocycles. The van der Waals surface area contributed by atoms with Gasteiger partial charge in [-0.3, -0.25) is 9.52 Å². The molecule has 9 nitrogen and oxygen atoms in total. The van der Waals surface area contributed by atoms with Gasteiger partial charge in [0.2, 0.25) is 5.91 Å². The van der Waals surface area contributed by atoms with Gasteiger partial charge in [-0.1, -0.05) is 11.6 Å². The lowest BCUT2D eigenvalue weighted by Gasteiger charge is -2.43. The van der Waals surface area contributed by atoms with Crippen LogP contribution in [0.15, 0.2) is 58.9 Å². The highest BCUT2D eigenvalue weighted by molar-refractivity contribution is 7.93. The minimum Gasteiger partial charge on any atom is -0.394 e. The number of rotatable bonds is 7. The molecule has 1 aromatic heterocycles. The average molecular weight is 562 g/mol. The molecule has 0 bridgehead atoms. The van der Waals surface area contributed by atoms with Crippen molar-refractivity contribution in [2.45, 2.75) is 23.8 Å². The summed E-state index contributed by atoms with van der Waals surface area (Å²) in [6, 6.07) is 12.0. The van der Waals surface area contributed by atoms with Gasteiger partial charge in [0.15, 0.2) is 5.13 Å². The van der Waals surface area contributed by atoms with Crippen molar-refractivity contribution in [2.24, 2.45) is 0 Å². The van der Waals surface area contributed by atoms with E-state index in [2.05, 4.69) is 19.5 Å². The van der Waals surface area contributed by atoms with Crippen LogP contribution in [0, 0.1) is 0 Å². The van der Waals surface area contributed by atoms with E-state index in [1.54, 1.807) is 34.5 Å². The van der Waals surface area contributed by atoms with Crippen molar-refractivity contribution in [3.63, 3.8) is 0 Å². The number of aliphatic hydroxyl groups excluding tert-OH is 1. The third-order valence-electron chi connectivity index (χ3n) is 6.76. The lowest BCUT2D eigenvalue weighted by atomic mass is 10.0. The fraction of sp³-hybridized carbons (Fsp3) is 0.360. The number of hydrogen-bond donors (Lipinski definition) is 2. The molecular weight excluding hydrogens is 534 g/mol. The Balaban J connectivity index is 1.23. The molecule has 12 heteroatoms. The summed E-state index contributed by atoms with van der Waals surface area (Å²) >= 11 is 7.36. The van der Waals surface area contributed by atoms with Gasteiger partial charge in [-0.2, -0.15) is 0 Å². The number of nitrogens with one attached hydrogen (secondary N) is 1. The molecule has 1 amide bonds. The lowest BCUT2D eigenvalue weighted by Crippen LogP contribution is -2.58. The predicted molar refractivity (Wildman–Crippen MR) is 146 cm³/mol. The number of halogens is 1. The summed E-state index contributed by atoms with van der Waals surface area (Å²) in [7, 11) is -3.73. The summed E-state index contributed by atoms with van der Waals surface area (Å²) in [6.45, 7) is 2.41. The minimum absolute atomic E-state index is 0.0174. The Kier molecular flexibility index (Phi) is 7.57. The molecule has 3 aromatic rings. The van der Waals surface area contributed by atoms with E-state index >= 15 is 0 Å². The first kappa shape index (κ1) is 25.8. The fourth-order valence-corrected chi connectivity index (χ4v) is 6.90. The van der Waals surface area contributed by atoms with Crippen LogP contribution in [-0.2, 0) is 21.2 Å². The number of anilines is 3. The average Bonchev–Trinajstić information content (AvgIpc) is 3.40. The minimum atomic E-state index is -3.73. The van der Waals surface area contributed by atoms with Gasteiger partial charge < -0.3 is 19.8 Å². The number of carbonyl (C=O) groups excluding carboxylic acids is 1. The molecule has 196 valence electrons. The highest BCUT2D eigenvalue weighted by atomic mass is 35.5. The van der Waals surface area contributed by atoms with Gasteiger partial charge in [0.1, 0.15) is 0 Å². The molecule has 1 atom stereocenters. The zero-order valence-corrected chi connectivity index (χ0v) is 22.5. The second kappa shape index (κ2) is 10.9. The van der Waals surface area contributed by atoms with Gasteiger partial charge in [-0.25, -0.2) is 13.4 Å². The Morgan fingerprint density at radius 2 is 1.97 bits per heavy atom. The summed E-state index contributed by atoms with van der Waals surface area (Å²) in [5.74, 6) is -0.0174. The van der Waals surface area contributed by atoms with Gasteiger partial charge >= 0.3 is 0 Å². The number of piperazine rings is 1. The van der Waals surface area contributed by atoms with E-state index in [9.17, 15) is 18.3 Å². The molecule has 5 rings (SSSR count). The number of aryl methyl sites for hydroxylation is 1. The molecule has 2 aliphatic heterocycles. The van der Waals surface area contributed by atoms with E-state index < -0.39 is 10.0 Å². The summed E-state index contributed by atoms with van der Waals surface area (Å²) in [5, 5.41) is 12.8. The molecule has 0 unspecified atom stereocenters. The largest absolute Gasteiger partial charge is 0.394 e. The van der Waals surface area contributed by atoms with Crippen LogP contribution >= 0.6 is 22.9 Å². The van der Waals surface area contributed by atoms with Crippen LogP contribution in [0.25, 0.3) is 0 Å². The summed E-state index contributed by atoms with van der Waals surface area (Å²) < 4.78 is 27.7. The monoisotopic (exact) mass is 561 g/mol. The first-order chi connectivity index (χ1) is 17.8. The van der Waals surface area contributed by atoms with Gasteiger partial charge in [-0.15, -0.1) is 11.3 Å². The highest BCUT2D eigenvalue weighted by Gasteiger charge is 2.32. The molecule has 2 N–H and O–H groups in total. The fourth-order valence-electron chi connectivity index (χ4n) is 4.92. The van der Waals surface area contributed by atoms with Crippen LogP contribution in [0.3, 0.4) is 0 Å². The first-order valence-electron chi connectivity index (χ1n) is 12.0.